The lowest BCUT2D eigenvalue weighted by Crippen LogP contribution is -2.14. The van der Waals surface area contributed by atoms with Crippen molar-refractivity contribution >= 4 is 23.3 Å². The molecule has 6 nitrogen and oxygen atoms in total. The second-order valence-electron chi connectivity index (χ2n) is 6.10. The summed E-state index contributed by atoms with van der Waals surface area (Å²) >= 11 is 0. The van der Waals surface area contributed by atoms with Crippen molar-refractivity contribution in [1.82, 2.24) is 4.98 Å². The minimum atomic E-state index is -0.450. The number of esters is 1. The first-order valence-corrected chi connectivity index (χ1v) is 8.18. The monoisotopic (exact) mass is 341 g/mol. The molecule has 6 heteroatoms. The quantitative estimate of drug-likeness (QED) is 0.753. The Labute approximate surface area is 147 Å². The molecule has 0 spiro atoms. The van der Waals surface area contributed by atoms with Gasteiger partial charge in [-0.25, -0.2) is 4.79 Å². The number of amides is 1. The van der Waals surface area contributed by atoms with E-state index in [9.17, 15) is 9.59 Å². The average molecular weight is 341 g/mol. The van der Waals surface area contributed by atoms with Gasteiger partial charge in [0.1, 0.15) is 0 Å². The van der Waals surface area contributed by atoms with E-state index in [2.05, 4.69) is 34.2 Å². The van der Waals surface area contributed by atoms with Crippen LogP contribution in [0.1, 0.15) is 41.0 Å². The summed E-state index contributed by atoms with van der Waals surface area (Å²) in [5, 5.41) is 6.03. The minimum absolute atomic E-state index is 0.290. The highest BCUT2D eigenvalue weighted by molar-refractivity contribution is 6.05. The number of carbonyl (C=O) groups is 2. The first-order chi connectivity index (χ1) is 12.0. The van der Waals surface area contributed by atoms with Gasteiger partial charge in [-0.05, 0) is 36.6 Å². The number of anilines is 2. The highest BCUT2D eigenvalue weighted by Crippen LogP contribution is 2.15. The molecule has 0 radical (unpaired) electrons. The highest BCUT2D eigenvalue weighted by Gasteiger charge is 2.10. The molecule has 25 heavy (non-hydrogen) atoms. The van der Waals surface area contributed by atoms with E-state index in [4.69, 9.17) is 0 Å². The third kappa shape index (κ3) is 5.60. The van der Waals surface area contributed by atoms with E-state index in [1.54, 1.807) is 36.5 Å². The predicted octanol–water partition coefficient (Wildman–Crippen LogP) is 3.58. The van der Waals surface area contributed by atoms with Crippen LogP contribution in [0.15, 0.2) is 42.7 Å². The van der Waals surface area contributed by atoms with Crippen molar-refractivity contribution in [2.24, 2.45) is 5.92 Å². The van der Waals surface area contributed by atoms with Crippen LogP contribution in [-0.2, 0) is 4.74 Å². The van der Waals surface area contributed by atoms with Crippen molar-refractivity contribution < 1.29 is 14.3 Å². The van der Waals surface area contributed by atoms with Gasteiger partial charge in [0.2, 0.25) is 0 Å². The first-order valence-electron chi connectivity index (χ1n) is 8.18. The summed E-state index contributed by atoms with van der Waals surface area (Å²) in [6, 6.07) is 8.35. The maximum atomic E-state index is 12.4. The molecule has 1 amide bonds. The third-order valence-corrected chi connectivity index (χ3v) is 3.59. The molecule has 0 saturated heterocycles. The number of rotatable bonds is 7. The zero-order valence-corrected chi connectivity index (χ0v) is 14.7. The molecular weight excluding hydrogens is 318 g/mol. The number of hydrogen-bond acceptors (Lipinski definition) is 5. The zero-order valence-electron chi connectivity index (χ0n) is 14.7. The van der Waals surface area contributed by atoms with Crippen LogP contribution in [-0.4, -0.2) is 30.5 Å². The summed E-state index contributed by atoms with van der Waals surface area (Å²) in [4.78, 5) is 28.1. The van der Waals surface area contributed by atoms with E-state index >= 15 is 0 Å². The largest absolute Gasteiger partial charge is 0.465 e. The Morgan fingerprint density at radius 2 is 1.88 bits per heavy atom. The van der Waals surface area contributed by atoms with E-state index in [1.165, 1.54) is 13.3 Å². The molecule has 1 aromatic carbocycles. The molecule has 0 unspecified atom stereocenters. The highest BCUT2D eigenvalue weighted by atomic mass is 16.5. The zero-order chi connectivity index (χ0) is 18.2. The third-order valence-electron chi connectivity index (χ3n) is 3.59. The molecule has 0 aliphatic heterocycles. The van der Waals surface area contributed by atoms with Crippen LogP contribution in [0.3, 0.4) is 0 Å². The topological polar surface area (TPSA) is 80.3 Å². The fourth-order valence-corrected chi connectivity index (χ4v) is 2.21. The van der Waals surface area contributed by atoms with E-state index in [0.29, 0.717) is 22.7 Å². The van der Waals surface area contributed by atoms with Crippen molar-refractivity contribution in [2.75, 3.05) is 24.3 Å². The summed E-state index contributed by atoms with van der Waals surface area (Å²) in [6.07, 6.45) is 4.23. The lowest BCUT2D eigenvalue weighted by atomic mass is 10.1. The summed E-state index contributed by atoms with van der Waals surface area (Å²) in [6.45, 7) is 5.14. The Bertz CT molecular complexity index is 744. The Morgan fingerprint density at radius 1 is 1.12 bits per heavy atom. The smallest absolute Gasteiger partial charge is 0.337 e. The molecule has 0 bridgehead atoms. The van der Waals surface area contributed by atoms with Gasteiger partial charge in [0.05, 0.1) is 23.9 Å². The van der Waals surface area contributed by atoms with Crippen molar-refractivity contribution in [1.29, 1.82) is 0 Å². The van der Waals surface area contributed by atoms with Gasteiger partial charge in [0.15, 0.2) is 0 Å². The molecule has 2 rings (SSSR count). The molecular formula is C19H23N3O3. The van der Waals surface area contributed by atoms with Crippen LogP contribution in [0.25, 0.3) is 0 Å². The van der Waals surface area contributed by atoms with Gasteiger partial charge in [-0.15, -0.1) is 0 Å². The molecule has 1 aromatic heterocycles. The molecule has 0 aliphatic carbocycles. The maximum Gasteiger partial charge on any atom is 0.337 e. The standard InChI is InChI=1S/C19H23N3O3/c1-13(2)7-8-21-17-10-15(11-20-12-17)18(23)22-16-6-4-5-14(9-16)19(24)25-3/h4-6,9-13,21H,7-8H2,1-3H3,(H,22,23). The number of nitrogens with one attached hydrogen (secondary N) is 2. The number of pyridine rings is 1. The Balaban J connectivity index is 2.04. The number of aromatic nitrogens is 1. The summed E-state index contributed by atoms with van der Waals surface area (Å²) < 4.78 is 4.68. The number of benzene rings is 1. The lowest BCUT2D eigenvalue weighted by Gasteiger charge is -2.10. The van der Waals surface area contributed by atoms with Crippen LogP contribution in [0.4, 0.5) is 11.4 Å². The van der Waals surface area contributed by atoms with Crippen molar-refractivity contribution in [2.45, 2.75) is 20.3 Å². The lowest BCUT2D eigenvalue weighted by molar-refractivity contribution is 0.0600. The van der Waals surface area contributed by atoms with Gasteiger partial charge in [0.25, 0.3) is 5.91 Å². The first kappa shape index (κ1) is 18.4. The Morgan fingerprint density at radius 3 is 2.60 bits per heavy atom. The molecule has 0 atom stereocenters. The Kier molecular flexibility index (Phi) is 6.51. The fourth-order valence-electron chi connectivity index (χ4n) is 2.21. The fraction of sp³-hybridized carbons (Fsp3) is 0.316. The van der Waals surface area contributed by atoms with E-state index in [-0.39, 0.29) is 5.91 Å². The van der Waals surface area contributed by atoms with E-state index < -0.39 is 5.97 Å². The van der Waals surface area contributed by atoms with Gasteiger partial charge < -0.3 is 15.4 Å². The summed E-state index contributed by atoms with van der Waals surface area (Å²) in [7, 11) is 1.32. The van der Waals surface area contributed by atoms with Crippen LogP contribution >= 0.6 is 0 Å². The maximum absolute atomic E-state index is 12.4. The number of methoxy groups -OCH3 is 1. The van der Waals surface area contributed by atoms with Crippen LogP contribution < -0.4 is 10.6 Å². The predicted molar refractivity (Wildman–Crippen MR) is 97.9 cm³/mol. The molecule has 2 aromatic rings. The normalized spacial score (nSPS) is 10.4. The molecule has 0 fully saturated rings. The van der Waals surface area contributed by atoms with Gasteiger partial charge in [0, 0.05) is 24.6 Å². The molecule has 132 valence electrons. The van der Waals surface area contributed by atoms with E-state index in [1.807, 2.05) is 0 Å². The molecule has 2 N–H and O–H groups in total. The number of ether oxygens (including phenoxy) is 1. The second-order valence-corrected chi connectivity index (χ2v) is 6.10. The second kappa shape index (κ2) is 8.82. The van der Waals surface area contributed by atoms with Gasteiger partial charge in [-0.1, -0.05) is 19.9 Å². The van der Waals surface area contributed by atoms with Crippen LogP contribution in [0.2, 0.25) is 0 Å². The summed E-state index contributed by atoms with van der Waals surface area (Å²) in [5.41, 5.74) is 2.14. The SMILES string of the molecule is COC(=O)c1cccc(NC(=O)c2cncc(NCCC(C)C)c2)c1. The minimum Gasteiger partial charge on any atom is -0.465 e. The van der Waals surface area contributed by atoms with E-state index in [0.717, 1.165) is 18.7 Å². The van der Waals surface area contributed by atoms with Gasteiger partial charge in [-0.3, -0.25) is 9.78 Å². The van der Waals surface area contributed by atoms with Crippen LogP contribution in [0, 0.1) is 5.92 Å². The van der Waals surface area contributed by atoms with Gasteiger partial charge >= 0.3 is 5.97 Å². The average Bonchev–Trinajstić information content (AvgIpc) is 2.61. The Hall–Kier alpha value is -2.89. The summed E-state index contributed by atoms with van der Waals surface area (Å²) in [5.74, 6) is -0.134. The number of carbonyl (C=O) groups excluding carboxylic acids is 2. The molecule has 0 saturated carbocycles. The molecule has 0 aliphatic rings. The van der Waals surface area contributed by atoms with Crippen molar-refractivity contribution in [3.63, 3.8) is 0 Å². The number of nitrogens with zero attached hydrogens (tertiary/aromatic N) is 1. The number of hydrogen-bond donors (Lipinski definition) is 2. The van der Waals surface area contributed by atoms with Crippen molar-refractivity contribution in [3.8, 4) is 0 Å². The molecule has 1 heterocycles. The van der Waals surface area contributed by atoms with Crippen LogP contribution in [0.5, 0.6) is 0 Å². The van der Waals surface area contributed by atoms with Crippen molar-refractivity contribution in [3.05, 3.63) is 53.9 Å². The van der Waals surface area contributed by atoms with Gasteiger partial charge in [-0.2, -0.15) is 0 Å².